The maximum Gasteiger partial charge on any atom is 0.279 e. The number of rotatable bonds is 9. The second-order valence-corrected chi connectivity index (χ2v) is 8.33. The number of hydrogen-bond donors (Lipinski definition) is 3. The first kappa shape index (κ1) is 23.6. The van der Waals surface area contributed by atoms with Crippen molar-refractivity contribution in [3.63, 3.8) is 0 Å². The van der Waals surface area contributed by atoms with Crippen LogP contribution in [0.4, 0.5) is 5.69 Å². The molecule has 2 aromatic rings. The summed E-state index contributed by atoms with van der Waals surface area (Å²) < 4.78 is 0. The van der Waals surface area contributed by atoms with Gasteiger partial charge in [0.25, 0.3) is 11.8 Å². The van der Waals surface area contributed by atoms with Gasteiger partial charge < -0.3 is 15.5 Å². The number of carbonyl (C=O) groups excluding carboxylic acids is 2. The summed E-state index contributed by atoms with van der Waals surface area (Å²) in [5.74, 6) is -0.124. The Morgan fingerprint density at radius 2 is 1.63 bits per heavy atom. The van der Waals surface area contributed by atoms with Crippen molar-refractivity contribution in [2.24, 2.45) is 0 Å². The van der Waals surface area contributed by atoms with E-state index in [1.54, 1.807) is 0 Å². The molecular formula is C25H36N3O2+. The van der Waals surface area contributed by atoms with E-state index in [4.69, 9.17) is 0 Å². The number of carbonyl (C=O) groups is 2. The van der Waals surface area contributed by atoms with E-state index < -0.39 is 0 Å². The molecule has 0 fully saturated rings. The molecule has 5 heteroatoms. The molecule has 162 valence electrons. The second-order valence-electron chi connectivity index (χ2n) is 8.33. The number of anilines is 1. The molecule has 0 aromatic heterocycles. The van der Waals surface area contributed by atoms with Gasteiger partial charge in [-0.15, -0.1) is 0 Å². The number of hydrogen-bond acceptors (Lipinski definition) is 2. The molecule has 2 rings (SSSR count). The lowest BCUT2D eigenvalue weighted by molar-refractivity contribution is -0.885. The maximum absolute atomic E-state index is 12.9. The molecule has 0 spiro atoms. The van der Waals surface area contributed by atoms with Gasteiger partial charge in [0.1, 0.15) is 0 Å². The van der Waals surface area contributed by atoms with Gasteiger partial charge in [0.15, 0.2) is 12.6 Å². The predicted molar refractivity (Wildman–Crippen MR) is 123 cm³/mol. The van der Waals surface area contributed by atoms with Crippen molar-refractivity contribution in [3.8, 4) is 0 Å². The van der Waals surface area contributed by atoms with Crippen LogP contribution in [0.15, 0.2) is 42.5 Å². The van der Waals surface area contributed by atoms with E-state index in [2.05, 4.69) is 29.7 Å². The SMILES string of the molecule is CCC[C@H](NC(=O)[C@H](C)[NH+](C)CC(=O)Nc1c(C)cc(C)cc1C)c1ccccc1. The number of amides is 2. The average molecular weight is 411 g/mol. The van der Waals surface area contributed by atoms with Gasteiger partial charge in [0, 0.05) is 5.69 Å². The fourth-order valence-electron chi connectivity index (χ4n) is 3.78. The van der Waals surface area contributed by atoms with Crippen LogP contribution in [-0.4, -0.2) is 31.4 Å². The van der Waals surface area contributed by atoms with E-state index in [1.807, 2.05) is 65.1 Å². The minimum atomic E-state index is -0.334. The van der Waals surface area contributed by atoms with E-state index >= 15 is 0 Å². The quantitative estimate of drug-likeness (QED) is 0.595. The lowest BCUT2D eigenvalue weighted by atomic mass is 10.0. The molecule has 0 aliphatic carbocycles. The van der Waals surface area contributed by atoms with Crippen molar-refractivity contribution >= 4 is 17.5 Å². The molecule has 2 amide bonds. The highest BCUT2D eigenvalue weighted by Crippen LogP contribution is 2.21. The van der Waals surface area contributed by atoms with E-state index in [-0.39, 0.29) is 30.4 Å². The molecule has 0 aliphatic rings. The third kappa shape index (κ3) is 6.42. The van der Waals surface area contributed by atoms with Crippen LogP contribution in [0.2, 0.25) is 0 Å². The highest BCUT2D eigenvalue weighted by molar-refractivity contribution is 5.93. The van der Waals surface area contributed by atoms with Gasteiger partial charge in [-0.1, -0.05) is 61.4 Å². The van der Waals surface area contributed by atoms with E-state index in [1.165, 1.54) is 5.56 Å². The molecule has 0 saturated carbocycles. The average Bonchev–Trinajstić information content (AvgIpc) is 2.70. The van der Waals surface area contributed by atoms with Gasteiger partial charge in [-0.2, -0.15) is 0 Å². The summed E-state index contributed by atoms with van der Waals surface area (Å²) in [6.07, 6.45) is 1.86. The molecule has 0 heterocycles. The smallest absolute Gasteiger partial charge is 0.279 e. The molecule has 5 nitrogen and oxygen atoms in total. The summed E-state index contributed by atoms with van der Waals surface area (Å²) in [7, 11) is 1.88. The molecule has 0 saturated heterocycles. The minimum Gasteiger partial charge on any atom is -0.344 e. The van der Waals surface area contributed by atoms with Crippen LogP contribution >= 0.6 is 0 Å². The largest absolute Gasteiger partial charge is 0.344 e. The third-order valence-electron chi connectivity index (χ3n) is 5.61. The molecule has 0 bridgehead atoms. The zero-order valence-corrected chi connectivity index (χ0v) is 19.1. The summed E-state index contributed by atoms with van der Waals surface area (Å²) in [6.45, 7) is 10.3. The predicted octanol–water partition coefficient (Wildman–Crippen LogP) is 3.11. The highest BCUT2D eigenvalue weighted by atomic mass is 16.2. The van der Waals surface area contributed by atoms with Crippen LogP contribution in [0, 0.1) is 20.8 Å². The van der Waals surface area contributed by atoms with Crippen molar-refractivity contribution in [3.05, 3.63) is 64.7 Å². The van der Waals surface area contributed by atoms with Crippen LogP contribution in [0.3, 0.4) is 0 Å². The van der Waals surface area contributed by atoms with Gasteiger partial charge in [0.05, 0.1) is 13.1 Å². The molecule has 0 radical (unpaired) electrons. The first-order chi connectivity index (χ1) is 14.2. The monoisotopic (exact) mass is 410 g/mol. The molecule has 1 unspecified atom stereocenters. The Bertz CT molecular complexity index is 841. The summed E-state index contributed by atoms with van der Waals surface area (Å²) in [5, 5.41) is 6.20. The zero-order valence-electron chi connectivity index (χ0n) is 19.1. The van der Waals surface area contributed by atoms with Crippen LogP contribution in [0.5, 0.6) is 0 Å². The van der Waals surface area contributed by atoms with Crippen LogP contribution in [-0.2, 0) is 9.59 Å². The number of likely N-dealkylation sites (N-methyl/N-ethyl adjacent to an activating group) is 1. The normalized spacial score (nSPS) is 13.9. The van der Waals surface area contributed by atoms with E-state index in [0.29, 0.717) is 0 Å². The molecule has 3 atom stereocenters. The third-order valence-corrected chi connectivity index (χ3v) is 5.61. The Kier molecular flexibility index (Phi) is 8.60. The van der Waals surface area contributed by atoms with Gasteiger partial charge in [-0.05, 0) is 50.8 Å². The second kappa shape index (κ2) is 10.9. The number of quaternary nitrogens is 1. The van der Waals surface area contributed by atoms with Gasteiger partial charge in [-0.25, -0.2) is 0 Å². The summed E-state index contributed by atoms with van der Waals surface area (Å²) in [6, 6.07) is 13.8. The Morgan fingerprint density at radius 1 is 1.03 bits per heavy atom. The summed E-state index contributed by atoms with van der Waals surface area (Å²) >= 11 is 0. The minimum absolute atomic E-state index is 0.00867. The molecule has 0 aliphatic heterocycles. The fourth-order valence-corrected chi connectivity index (χ4v) is 3.78. The molecule has 2 aromatic carbocycles. The van der Waals surface area contributed by atoms with E-state index in [9.17, 15) is 9.59 Å². The lowest BCUT2D eigenvalue weighted by Crippen LogP contribution is -3.15. The molecule has 3 N–H and O–H groups in total. The first-order valence-electron chi connectivity index (χ1n) is 10.8. The standard InChI is InChI=1S/C25H35N3O2/c1-7-11-22(21-12-9-8-10-13-21)26-25(30)20(5)28(6)16-23(29)27-24-18(3)14-17(2)15-19(24)4/h8-10,12-15,20,22H,7,11,16H2,1-6H3,(H,26,30)(H,27,29)/p+1/t20-,22-/m0/s1. The van der Waals surface area contributed by atoms with Crippen LogP contribution < -0.4 is 15.5 Å². The molecule has 30 heavy (non-hydrogen) atoms. The van der Waals surface area contributed by atoms with Crippen molar-refractivity contribution < 1.29 is 14.5 Å². The van der Waals surface area contributed by atoms with Gasteiger partial charge >= 0.3 is 0 Å². The first-order valence-corrected chi connectivity index (χ1v) is 10.8. The van der Waals surface area contributed by atoms with Gasteiger partial charge in [0.2, 0.25) is 0 Å². The van der Waals surface area contributed by atoms with E-state index in [0.717, 1.165) is 40.1 Å². The lowest BCUT2D eigenvalue weighted by Gasteiger charge is -2.24. The van der Waals surface area contributed by atoms with Crippen molar-refractivity contribution in [1.29, 1.82) is 0 Å². The Balaban J connectivity index is 1.98. The topological polar surface area (TPSA) is 62.6 Å². The van der Waals surface area contributed by atoms with Crippen LogP contribution in [0.1, 0.15) is 55.0 Å². The number of benzene rings is 2. The summed E-state index contributed by atoms with van der Waals surface area (Å²) in [5.41, 5.74) is 5.25. The van der Waals surface area contributed by atoms with Crippen molar-refractivity contribution in [2.45, 2.75) is 59.5 Å². The summed E-state index contributed by atoms with van der Waals surface area (Å²) in [4.78, 5) is 26.3. The van der Waals surface area contributed by atoms with Gasteiger partial charge in [-0.3, -0.25) is 9.59 Å². The Hall–Kier alpha value is -2.66. The van der Waals surface area contributed by atoms with Crippen molar-refractivity contribution in [1.82, 2.24) is 5.32 Å². The van der Waals surface area contributed by atoms with Crippen molar-refractivity contribution in [2.75, 3.05) is 18.9 Å². The highest BCUT2D eigenvalue weighted by Gasteiger charge is 2.26. The maximum atomic E-state index is 12.9. The Labute approximate surface area is 180 Å². The zero-order chi connectivity index (χ0) is 22.3. The van der Waals surface area contributed by atoms with Crippen LogP contribution in [0.25, 0.3) is 0 Å². The number of nitrogens with one attached hydrogen (secondary N) is 3. The molecular weight excluding hydrogens is 374 g/mol. The number of aryl methyl sites for hydroxylation is 3. The Morgan fingerprint density at radius 3 is 2.20 bits per heavy atom. The fraction of sp³-hybridized carbons (Fsp3) is 0.440.